The van der Waals surface area contributed by atoms with Crippen molar-refractivity contribution >= 4 is 15.5 Å². The minimum atomic E-state index is -3.14. The lowest BCUT2D eigenvalue weighted by Crippen LogP contribution is -2.32. The Morgan fingerprint density at radius 3 is 2.33 bits per heavy atom. The van der Waals surface area contributed by atoms with Gasteiger partial charge in [-0.3, -0.25) is 0 Å². The Labute approximate surface area is 108 Å². The van der Waals surface area contributed by atoms with Crippen LogP contribution in [0.3, 0.4) is 0 Å². The molecule has 1 N–H and O–H groups in total. The standard InChI is InChI=1S/C13H20FNO2S/c1-10-7-11(14)9-12(8-10)15-5-6-18(16,17)13(2,3)4/h7-9,15H,5-6H2,1-4H3. The Balaban J connectivity index is 2.63. The fraction of sp³-hybridized carbons (Fsp3) is 0.538. The number of benzene rings is 1. The van der Waals surface area contributed by atoms with Crippen molar-refractivity contribution in [1.29, 1.82) is 0 Å². The lowest BCUT2D eigenvalue weighted by atomic mass is 10.2. The predicted octanol–water partition coefficient (Wildman–Crippen LogP) is 2.76. The van der Waals surface area contributed by atoms with Crippen molar-refractivity contribution in [2.75, 3.05) is 17.6 Å². The number of anilines is 1. The molecule has 3 nitrogen and oxygen atoms in total. The highest BCUT2D eigenvalue weighted by atomic mass is 32.2. The highest BCUT2D eigenvalue weighted by Gasteiger charge is 2.28. The Kier molecular flexibility index (Phi) is 4.37. The number of halogens is 1. The molecule has 0 atom stereocenters. The van der Waals surface area contributed by atoms with Gasteiger partial charge in [0.25, 0.3) is 0 Å². The minimum absolute atomic E-state index is 0.0338. The summed E-state index contributed by atoms with van der Waals surface area (Å²) in [5.41, 5.74) is 1.41. The molecule has 0 aliphatic heterocycles. The second kappa shape index (κ2) is 5.26. The molecule has 5 heteroatoms. The van der Waals surface area contributed by atoms with Crippen LogP contribution in [0, 0.1) is 12.7 Å². The van der Waals surface area contributed by atoms with Gasteiger partial charge in [0.15, 0.2) is 9.84 Å². The second-order valence-electron chi connectivity index (χ2n) is 5.38. The molecule has 0 aromatic heterocycles. The van der Waals surface area contributed by atoms with Gasteiger partial charge in [0.2, 0.25) is 0 Å². The number of nitrogens with one attached hydrogen (secondary N) is 1. The topological polar surface area (TPSA) is 46.2 Å². The molecule has 0 aliphatic carbocycles. The zero-order valence-electron chi connectivity index (χ0n) is 11.2. The van der Waals surface area contributed by atoms with E-state index >= 15 is 0 Å². The third-order valence-electron chi connectivity index (χ3n) is 2.68. The van der Waals surface area contributed by atoms with Gasteiger partial charge in [0.1, 0.15) is 5.82 Å². The Bertz CT molecular complexity index is 498. The first kappa shape index (κ1) is 15.0. The van der Waals surface area contributed by atoms with Crippen molar-refractivity contribution in [3.63, 3.8) is 0 Å². The van der Waals surface area contributed by atoms with E-state index in [4.69, 9.17) is 0 Å². The Morgan fingerprint density at radius 2 is 1.83 bits per heavy atom. The summed E-state index contributed by atoms with van der Waals surface area (Å²) in [4.78, 5) is 0. The van der Waals surface area contributed by atoms with Gasteiger partial charge in [-0.2, -0.15) is 0 Å². The molecule has 0 bridgehead atoms. The molecule has 18 heavy (non-hydrogen) atoms. The Hall–Kier alpha value is -1.10. The molecule has 0 radical (unpaired) electrons. The first-order valence-electron chi connectivity index (χ1n) is 5.85. The van der Waals surface area contributed by atoms with E-state index in [1.165, 1.54) is 12.1 Å². The van der Waals surface area contributed by atoms with Crippen LogP contribution in [0.5, 0.6) is 0 Å². The number of sulfone groups is 1. The van der Waals surface area contributed by atoms with Crippen LogP contribution in [0.25, 0.3) is 0 Å². The van der Waals surface area contributed by atoms with E-state index in [0.717, 1.165) is 5.56 Å². The van der Waals surface area contributed by atoms with Crippen LogP contribution in [-0.2, 0) is 9.84 Å². The van der Waals surface area contributed by atoms with E-state index in [2.05, 4.69) is 5.32 Å². The summed E-state index contributed by atoms with van der Waals surface area (Å²) in [5.74, 6) is -0.289. The fourth-order valence-electron chi connectivity index (χ4n) is 1.47. The van der Waals surface area contributed by atoms with E-state index in [-0.39, 0.29) is 18.1 Å². The summed E-state index contributed by atoms with van der Waals surface area (Å²) in [5, 5.41) is 2.94. The van der Waals surface area contributed by atoms with Gasteiger partial charge < -0.3 is 5.32 Å². The number of hydrogen-bond acceptors (Lipinski definition) is 3. The molecule has 0 amide bonds. The smallest absolute Gasteiger partial charge is 0.156 e. The molecule has 1 aromatic carbocycles. The van der Waals surface area contributed by atoms with Crippen LogP contribution in [-0.4, -0.2) is 25.5 Å². The molecule has 1 rings (SSSR count). The first-order chi connectivity index (χ1) is 8.12. The Morgan fingerprint density at radius 1 is 1.22 bits per heavy atom. The van der Waals surface area contributed by atoms with Crippen LogP contribution in [0.4, 0.5) is 10.1 Å². The van der Waals surface area contributed by atoms with Gasteiger partial charge in [-0.05, 0) is 51.5 Å². The summed E-state index contributed by atoms with van der Waals surface area (Å²) >= 11 is 0. The highest BCUT2D eigenvalue weighted by molar-refractivity contribution is 7.92. The van der Waals surface area contributed by atoms with E-state index in [0.29, 0.717) is 5.69 Å². The SMILES string of the molecule is Cc1cc(F)cc(NCCS(=O)(=O)C(C)(C)C)c1. The maximum absolute atomic E-state index is 13.1. The molecule has 0 unspecified atom stereocenters. The van der Waals surface area contributed by atoms with Crippen molar-refractivity contribution in [2.24, 2.45) is 0 Å². The first-order valence-corrected chi connectivity index (χ1v) is 7.50. The normalized spacial score (nSPS) is 12.5. The van der Waals surface area contributed by atoms with Crippen molar-refractivity contribution in [3.8, 4) is 0 Å². The van der Waals surface area contributed by atoms with Crippen LogP contribution in [0.15, 0.2) is 18.2 Å². The third-order valence-corrected chi connectivity index (χ3v) is 5.28. The van der Waals surface area contributed by atoms with E-state index < -0.39 is 14.6 Å². The maximum atomic E-state index is 13.1. The van der Waals surface area contributed by atoms with Crippen LogP contribution < -0.4 is 5.32 Å². The molecule has 0 spiro atoms. The van der Waals surface area contributed by atoms with Crippen LogP contribution in [0.1, 0.15) is 26.3 Å². The summed E-state index contributed by atoms with van der Waals surface area (Å²) in [6.07, 6.45) is 0. The summed E-state index contributed by atoms with van der Waals surface area (Å²) in [6.45, 7) is 7.10. The molecule has 0 fully saturated rings. The van der Waals surface area contributed by atoms with Crippen LogP contribution >= 0.6 is 0 Å². The van der Waals surface area contributed by atoms with Gasteiger partial charge >= 0.3 is 0 Å². The van der Waals surface area contributed by atoms with Crippen molar-refractivity contribution in [3.05, 3.63) is 29.6 Å². The van der Waals surface area contributed by atoms with Crippen LogP contribution in [0.2, 0.25) is 0 Å². The summed E-state index contributed by atoms with van der Waals surface area (Å²) < 4.78 is 36.1. The van der Waals surface area contributed by atoms with Crippen molar-refractivity contribution in [1.82, 2.24) is 0 Å². The number of rotatable bonds is 4. The molecular weight excluding hydrogens is 253 g/mol. The summed E-state index contributed by atoms with van der Waals surface area (Å²) in [7, 11) is -3.14. The monoisotopic (exact) mass is 273 g/mol. The molecule has 102 valence electrons. The molecule has 0 saturated carbocycles. The van der Waals surface area contributed by atoms with Gasteiger partial charge in [0.05, 0.1) is 10.5 Å². The largest absolute Gasteiger partial charge is 0.384 e. The molecule has 0 saturated heterocycles. The average Bonchev–Trinajstić information content (AvgIpc) is 2.13. The maximum Gasteiger partial charge on any atom is 0.156 e. The van der Waals surface area contributed by atoms with Gasteiger partial charge in [0, 0.05) is 12.2 Å². The van der Waals surface area contributed by atoms with Gasteiger partial charge in [-0.15, -0.1) is 0 Å². The zero-order valence-corrected chi connectivity index (χ0v) is 12.1. The predicted molar refractivity (Wildman–Crippen MR) is 73.2 cm³/mol. The van der Waals surface area contributed by atoms with Crippen molar-refractivity contribution in [2.45, 2.75) is 32.4 Å². The minimum Gasteiger partial charge on any atom is -0.384 e. The molecule has 0 aliphatic rings. The van der Waals surface area contributed by atoms with Crippen molar-refractivity contribution < 1.29 is 12.8 Å². The molecule has 1 aromatic rings. The summed E-state index contributed by atoms with van der Waals surface area (Å²) in [6, 6.07) is 4.57. The highest BCUT2D eigenvalue weighted by Crippen LogP contribution is 2.17. The average molecular weight is 273 g/mol. The molecular formula is C13H20FNO2S. The van der Waals surface area contributed by atoms with E-state index in [1.54, 1.807) is 33.8 Å². The van der Waals surface area contributed by atoms with Gasteiger partial charge in [-0.1, -0.05) is 0 Å². The van der Waals surface area contributed by atoms with E-state index in [1.807, 2.05) is 0 Å². The van der Waals surface area contributed by atoms with Gasteiger partial charge in [-0.25, -0.2) is 12.8 Å². The zero-order chi connectivity index (χ0) is 14.0. The fourth-order valence-corrected chi connectivity index (χ4v) is 2.46. The number of aryl methyl sites for hydroxylation is 1. The lowest BCUT2D eigenvalue weighted by molar-refractivity contribution is 0.560. The molecule has 0 heterocycles. The lowest BCUT2D eigenvalue weighted by Gasteiger charge is -2.19. The van der Waals surface area contributed by atoms with E-state index in [9.17, 15) is 12.8 Å². The second-order valence-corrected chi connectivity index (χ2v) is 8.24. The quantitative estimate of drug-likeness (QED) is 0.917. The number of hydrogen-bond donors (Lipinski definition) is 1. The third kappa shape index (κ3) is 3.98.